The molecule has 1 heterocycles. The predicted octanol–water partition coefficient (Wildman–Crippen LogP) is 2.14. The van der Waals surface area contributed by atoms with Gasteiger partial charge in [0, 0.05) is 13.0 Å². The Kier molecular flexibility index (Phi) is 4.70. The zero-order chi connectivity index (χ0) is 13.7. The third kappa shape index (κ3) is 3.90. The lowest BCUT2D eigenvalue weighted by Crippen LogP contribution is -2.25. The quantitative estimate of drug-likeness (QED) is 0.828. The standard InChI is InChI=1S/C12H13ClN4OS/c13-9-5-2-1-4-8(9)11(18)15-7-3-6-10-16-17-12(14)19-10/h1-2,4-5H,3,6-7H2,(H2,14,17)(H,15,18). The van der Waals surface area contributed by atoms with Gasteiger partial charge in [-0.05, 0) is 18.6 Å². The summed E-state index contributed by atoms with van der Waals surface area (Å²) in [5.74, 6) is -0.164. The molecular weight excluding hydrogens is 284 g/mol. The van der Waals surface area contributed by atoms with Gasteiger partial charge in [0.2, 0.25) is 5.13 Å². The van der Waals surface area contributed by atoms with E-state index in [9.17, 15) is 4.79 Å². The van der Waals surface area contributed by atoms with Gasteiger partial charge in [-0.2, -0.15) is 0 Å². The van der Waals surface area contributed by atoms with Crippen molar-refractivity contribution in [1.29, 1.82) is 0 Å². The Hall–Kier alpha value is -1.66. The van der Waals surface area contributed by atoms with Gasteiger partial charge in [-0.1, -0.05) is 35.1 Å². The van der Waals surface area contributed by atoms with Gasteiger partial charge in [-0.3, -0.25) is 4.79 Å². The fourth-order valence-corrected chi connectivity index (χ4v) is 2.42. The molecule has 1 aromatic heterocycles. The molecule has 1 amide bonds. The number of carbonyl (C=O) groups excluding carboxylic acids is 1. The SMILES string of the molecule is Nc1nnc(CCCNC(=O)c2ccccc2Cl)s1. The molecule has 19 heavy (non-hydrogen) atoms. The number of benzene rings is 1. The maximum Gasteiger partial charge on any atom is 0.252 e. The zero-order valence-electron chi connectivity index (χ0n) is 10.1. The Morgan fingerprint density at radius 2 is 2.16 bits per heavy atom. The average molecular weight is 297 g/mol. The van der Waals surface area contributed by atoms with E-state index in [-0.39, 0.29) is 5.91 Å². The van der Waals surface area contributed by atoms with Crippen molar-refractivity contribution >= 4 is 34.0 Å². The minimum atomic E-state index is -0.164. The number of anilines is 1. The number of carbonyl (C=O) groups is 1. The Balaban J connectivity index is 1.77. The van der Waals surface area contributed by atoms with Gasteiger partial charge in [0.1, 0.15) is 5.01 Å². The van der Waals surface area contributed by atoms with E-state index in [0.717, 1.165) is 17.8 Å². The fourth-order valence-electron chi connectivity index (χ4n) is 1.55. The topological polar surface area (TPSA) is 80.9 Å². The van der Waals surface area contributed by atoms with E-state index in [4.69, 9.17) is 17.3 Å². The van der Waals surface area contributed by atoms with E-state index in [1.807, 2.05) is 0 Å². The van der Waals surface area contributed by atoms with Crippen LogP contribution in [-0.4, -0.2) is 22.6 Å². The van der Waals surface area contributed by atoms with Gasteiger partial charge in [-0.25, -0.2) is 0 Å². The van der Waals surface area contributed by atoms with E-state index in [2.05, 4.69) is 15.5 Å². The van der Waals surface area contributed by atoms with Gasteiger partial charge in [0.15, 0.2) is 0 Å². The maximum absolute atomic E-state index is 11.8. The van der Waals surface area contributed by atoms with Crippen molar-refractivity contribution in [2.24, 2.45) is 0 Å². The number of aromatic nitrogens is 2. The predicted molar refractivity (Wildman–Crippen MR) is 76.4 cm³/mol. The number of nitrogens with zero attached hydrogens (tertiary/aromatic N) is 2. The molecule has 0 spiro atoms. The lowest BCUT2D eigenvalue weighted by molar-refractivity contribution is 0.0953. The van der Waals surface area contributed by atoms with Crippen molar-refractivity contribution in [3.63, 3.8) is 0 Å². The van der Waals surface area contributed by atoms with Crippen LogP contribution in [0.2, 0.25) is 5.02 Å². The number of hydrogen-bond donors (Lipinski definition) is 2. The Morgan fingerprint density at radius 3 is 2.84 bits per heavy atom. The molecule has 7 heteroatoms. The highest BCUT2D eigenvalue weighted by molar-refractivity contribution is 7.15. The third-order valence-corrected chi connectivity index (χ3v) is 3.60. The van der Waals surface area contributed by atoms with Crippen molar-refractivity contribution in [3.8, 4) is 0 Å². The van der Waals surface area contributed by atoms with Crippen LogP contribution in [0.4, 0.5) is 5.13 Å². The summed E-state index contributed by atoms with van der Waals surface area (Å²) in [5.41, 5.74) is 5.97. The summed E-state index contributed by atoms with van der Waals surface area (Å²) in [6.45, 7) is 0.559. The van der Waals surface area contributed by atoms with Crippen molar-refractivity contribution in [1.82, 2.24) is 15.5 Å². The second kappa shape index (κ2) is 6.49. The molecule has 0 bridgehead atoms. The third-order valence-electron chi connectivity index (χ3n) is 2.45. The minimum absolute atomic E-state index is 0.164. The van der Waals surface area contributed by atoms with E-state index in [1.54, 1.807) is 24.3 Å². The molecule has 0 saturated carbocycles. The summed E-state index contributed by atoms with van der Waals surface area (Å²) in [4.78, 5) is 11.8. The van der Waals surface area contributed by atoms with E-state index in [0.29, 0.717) is 22.3 Å². The summed E-state index contributed by atoms with van der Waals surface area (Å²) in [6.07, 6.45) is 1.53. The van der Waals surface area contributed by atoms with Crippen LogP contribution in [0, 0.1) is 0 Å². The lowest BCUT2D eigenvalue weighted by Gasteiger charge is -2.05. The van der Waals surface area contributed by atoms with Crippen molar-refractivity contribution in [2.45, 2.75) is 12.8 Å². The first kappa shape index (κ1) is 13.8. The van der Waals surface area contributed by atoms with Crippen LogP contribution >= 0.6 is 22.9 Å². The number of amides is 1. The van der Waals surface area contributed by atoms with Gasteiger partial charge in [0.25, 0.3) is 5.91 Å². The van der Waals surface area contributed by atoms with Crippen LogP contribution in [0.3, 0.4) is 0 Å². The molecule has 0 unspecified atom stereocenters. The Morgan fingerprint density at radius 1 is 1.37 bits per heavy atom. The van der Waals surface area contributed by atoms with Crippen LogP contribution < -0.4 is 11.1 Å². The van der Waals surface area contributed by atoms with Gasteiger partial charge >= 0.3 is 0 Å². The van der Waals surface area contributed by atoms with Crippen LogP contribution in [0.25, 0.3) is 0 Å². The number of nitrogen functional groups attached to an aromatic ring is 1. The molecule has 0 radical (unpaired) electrons. The van der Waals surface area contributed by atoms with E-state index in [1.165, 1.54) is 11.3 Å². The van der Waals surface area contributed by atoms with Gasteiger partial charge < -0.3 is 11.1 Å². The molecular formula is C12H13ClN4OS. The average Bonchev–Trinajstić information content (AvgIpc) is 2.81. The van der Waals surface area contributed by atoms with E-state index >= 15 is 0 Å². The summed E-state index contributed by atoms with van der Waals surface area (Å²) in [7, 11) is 0. The van der Waals surface area contributed by atoms with Gasteiger partial charge in [-0.15, -0.1) is 10.2 Å². The normalized spacial score (nSPS) is 10.4. The van der Waals surface area contributed by atoms with Crippen LogP contribution in [0.1, 0.15) is 21.8 Å². The molecule has 0 fully saturated rings. The molecule has 2 rings (SSSR count). The van der Waals surface area contributed by atoms with Crippen molar-refractivity contribution in [2.75, 3.05) is 12.3 Å². The second-order valence-corrected chi connectivity index (χ2v) is 5.37. The minimum Gasteiger partial charge on any atom is -0.374 e. The fraction of sp³-hybridized carbons (Fsp3) is 0.250. The van der Waals surface area contributed by atoms with Crippen LogP contribution in [-0.2, 0) is 6.42 Å². The van der Waals surface area contributed by atoms with Crippen molar-refractivity contribution < 1.29 is 4.79 Å². The first-order valence-corrected chi connectivity index (χ1v) is 6.97. The van der Waals surface area contributed by atoms with E-state index < -0.39 is 0 Å². The number of nitrogens with one attached hydrogen (secondary N) is 1. The first-order chi connectivity index (χ1) is 9.16. The number of aryl methyl sites for hydroxylation is 1. The van der Waals surface area contributed by atoms with Crippen LogP contribution in [0.5, 0.6) is 0 Å². The number of nitrogens with two attached hydrogens (primary N) is 1. The van der Waals surface area contributed by atoms with Crippen LogP contribution in [0.15, 0.2) is 24.3 Å². The van der Waals surface area contributed by atoms with Crippen molar-refractivity contribution in [3.05, 3.63) is 39.9 Å². The molecule has 0 atom stereocenters. The molecule has 0 aliphatic carbocycles. The lowest BCUT2D eigenvalue weighted by atomic mass is 10.2. The molecule has 0 aliphatic heterocycles. The molecule has 2 aromatic rings. The summed E-state index contributed by atoms with van der Waals surface area (Å²) in [6, 6.07) is 6.97. The zero-order valence-corrected chi connectivity index (χ0v) is 11.7. The maximum atomic E-state index is 11.8. The number of halogens is 1. The monoisotopic (exact) mass is 296 g/mol. The smallest absolute Gasteiger partial charge is 0.252 e. The highest BCUT2D eigenvalue weighted by Gasteiger charge is 2.08. The number of rotatable bonds is 5. The highest BCUT2D eigenvalue weighted by Crippen LogP contribution is 2.15. The molecule has 0 saturated heterocycles. The first-order valence-electron chi connectivity index (χ1n) is 5.77. The Labute approximate surface area is 119 Å². The summed E-state index contributed by atoms with van der Waals surface area (Å²) >= 11 is 7.31. The highest BCUT2D eigenvalue weighted by atomic mass is 35.5. The number of hydrogen-bond acceptors (Lipinski definition) is 5. The molecule has 1 aromatic carbocycles. The molecule has 100 valence electrons. The van der Waals surface area contributed by atoms with Gasteiger partial charge in [0.05, 0.1) is 10.6 Å². The largest absolute Gasteiger partial charge is 0.374 e. The molecule has 3 N–H and O–H groups in total. The summed E-state index contributed by atoms with van der Waals surface area (Å²) < 4.78 is 0. The summed E-state index contributed by atoms with van der Waals surface area (Å²) in [5, 5.41) is 12.3. The molecule has 0 aliphatic rings. The second-order valence-electron chi connectivity index (χ2n) is 3.87. The Bertz CT molecular complexity index is 572. The molecule has 5 nitrogen and oxygen atoms in total.